The second kappa shape index (κ2) is 4.52. The average molecular weight is 210 g/mol. The van der Waals surface area contributed by atoms with Gasteiger partial charge in [-0.1, -0.05) is 12.1 Å². The molecular weight excluding hydrogens is 200 g/mol. The van der Waals surface area contributed by atoms with Gasteiger partial charge in [-0.25, -0.2) is 5.06 Å². The van der Waals surface area contributed by atoms with Gasteiger partial charge in [0.15, 0.2) is 0 Å². The van der Waals surface area contributed by atoms with Crippen LogP contribution in [0.2, 0.25) is 0 Å². The molecule has 0 aromatic heterocycles. The Kier molecular flexibility index (Phi) is 3.35. The van der Waals surface area contributed by atoms with E-state index in [0.29, 0.717) is 0 Å². The van der Waals surface area contributed by atoms with Crippen LogP contribution in [0.15, 0.2) is 24.3 Å². The van der Waals surface area contributed by atoms with Crippen molar-refractivity contribution in [1.82, 2.24) is 5.06 Å². The Morgan fingerprint density at radius 3 is 2.60 bits per heavy atom. The van der Waals surface area contributed by atoms with Crippen molar-refractivity contribution in [2.24, 2.45) is 0 Å². The van der Waals surface area contributed by atoms with E-state index in [4.69, 9.17) is 0 Å². The lowest BCUT2D eigenvalue weighted by atomic mass is 10.1. The monoisotopic (exact) mass is 210 g/mol. The van der Waals surface area contributed by atoms with E-state index < -0.39 is 10.8 Å². The molecule has 6 heteroatoms. The van der Waals surface area contributed by atoms with Gasteiger partial charge in [-0.3, -0.25) is 19.7 Å². The minimum absolute atomic E-state index is 0.00634. The molecule has 0 saturated heterocycles. The summed E-state index contributed by atoms with van der Waals surface area (Å²) in [7, 11) is 2.70. The van der Waals surface area contributed by atoms with Gasteiger partial charge in [0, 0.05) is 13.1 Å². The molecule has 80 valence electrons. The van der Waals surface area contributed by atoms with Crippen molar-refractivity contribution in [2.75, 3.05) is 14.2 Å². The highest BCUT2D eigenvalue weighted by Crippen LogP contribution is 2.18. The number of hydrogen-bond donors (Lipinski definition) is 0. The minimum Gasteiger partial charge on any atom is -0.274 e. The molecule has 0 atom stereocenters. The molecule has 1 aromatic carbocycles. The number of hydroxylamine groups is 2. The smallest absolute Gasteiger partial charge is 0.274 e. The summed E-state index contributed by atoms with van der Waals surface area (Å²) in [5.41, 5.74) is -0.224. The predicted molar refractivity (Wildman–Crippen MR) is 52.2 cm³/mol. The number of para-hydroxylation sites is 1. The van der Waals surface area contributed by atoms with E-state index >= 15 is 0 Å². The van der Waals surface area contributed by atoms with Crippen molar-refractivity contribution in [1.29, 1.82) is 0 Å². The summed E-state index contributed by atoms with van der Waals surface area (Å²) in [5, 5.41) is 11.6. The predicted octanol–water partition coefficient (Wildman–Crippen LogP) is 1.23. The molecule has 0 aliphatic rings. The first-order valence-corrected chi connectivity index (χ1v) is 4.13. The molecule has 0 heterocycles. The fourth-order valence-electron chi connectivity index (χ4n) is 1.07. The number of carbonyl (C=O) groups excluding carboxylic acids is 1. The second-order valence-corrected chi connectivity index (χ2v) is 2.76. The van der Waals surface area contributed by atoms with Crippen LogP contribution in [0.25, 0.3) is 0 Å². The Hall–Kier alpha value is -1.95. The third-order valence-corrected chi connectivity index (χ3v) is 1.89. The number of rotatable bonds is 3. The molecule has 1 rings (SSSR count). The van der Waals surface area contributed by atoms with Crippen LogP contribution >= 0.6 is 0 Å². The lowest BCUT2D eigenvalue weighted by molar-refractivity contribution is -0.385. The minimum atomic E-state index is -0.600. The van der Waals surface area contributed by atoms with E-state index in [2.05, 4.69) is 4.84 Å². The molecule has 6 nitrogen and oxygen atoms in total. The van der Waals surface area contributed by atoms with E-state index in [1.165, 1.54) is 32.4 Å². The van der Waals surface area contributed by atoms with Crippen molar-refractivity contribution in [3.63, 3.8) is 0 Å². The molecule has 0 fully saturated rings. The molecule has 0 N–H and O–H groups in total. The van der Waals surface area contributed by atoms with Crippen LogP contribution < -0.4 is 0 Å². The number of nitro groups is 1. The third-order valence-electron chi connectivity index (χ3n) is 1.89. The Labute approximate surface area is 86.2 Å². The maximum Gasteiger partial charge on any atom is 0.284 e. The number of nitro benzene ring substituents is 1. The van der Waals surface area contributed by atoms with Gasteiger partial charge in [-0.2, -0.15) is 0 Å². The number of nitrogens with zero attached hydrogens (tertiary/aromatic N) is 2. The van der Waals surface area contributed by atoms with Crippen LogP contribution in [0, 0.1) is 10.1 Å². The largest absolute Gasteiger partial charge is 0.284 e. The lowest BCUT2D eigenvalue weighted by Crippen LogP contribution is -2.26. The SMILES string of the molecule is CON(C)C(=O)c1ccccc1[N+](=O)[O-]. The van der Waals surface area contributed by atoms with Gasteiger partial charge >= 0.3 is 0 Å². The zero-order chi connectivity index (χ0) is 11.4. The summed E-state index contributed by atoms with van der Waals surface area (Å²) < 4.78 is 0. The molecule has 15 heavy (non-hydrogen) atoms. The molecule has 0 bridgehead atoms. The number of amides is 1. The maximum absolute atomic E-state index is 11.6. The second-order valence-electron chi connectivity index (χ2n) is 2.76. The summed E-state index contributed by atoms with van der Waals surface area (Å²) in [5.74, 6) is -0.551. The highest BCUT2D eigenvalue weighted by atomic mass is 16.7. The van der Waals surface area contributed by atoms with Crippen molar-refractivity contribution < 1.29 is 14.6 Å². The van der Waals surface area contributed by atoms with Gasteiger partial charge in [0.1, 0.15) is 5.56 Å². The van der Waals surface area contributed by atoms with Crippen LogP contribution in [-0.4, -0.2) is 30.1 Å². The molecule has 1 aromatic rings. The zero-order valence-corrected chi connectivity index (χ0v) is 8.34. The van der Waals surface area contributed by atoms with Crippen molar-refractivity contribution in [3.8, 4) is 0 Å². The molecule has 0 aliphatic carbocycles. The normalized spacial score (nSPS) is 9.73. The molecular formula is C9H10N2O4. The Morgan fingerprint density at radius 2 is 2.07 bits per heavy atom. The number of hydrogen-bond acceptors (Lipinski definition) is 4. The third kappa shape index (κ3) is 2.29. The Morgan fingerprint density at radius 1 is 1.47 bits per heavy atom. The van der Waals surface area contributed by atoms with E-state index in [0.717, 1.165) is 5.06 Å². The summed E-state index contributed by atoms with van der Waals surface area (Å²) in [6.07, 6.45) is 0. The van der Waals surface area contributed by atoms with Crippen LogP contribution in [0.5, 0.6) is 0 Å². The summed E-state index contributed by atoms with van der Waals surface area (Å²) >= 11 is 0. The Bertz CT molecular complexity index is 391. The van der Waals surface area contributed by atoms with E-state index in [-0.39, 0.29) is 11.3 Å². The average Bonchev–Trinajstić information content (AvgIpc) is 2.27. The van der Waals surface area contributed by atoms with E-state index in [9.17, 15) is 14.9 Å². The lowest BCUT2D eigenvalue weighted by Gasteiger charge is -2.13. The quantitative estimate of drug-likeness (QED) is 0.555. The molecule has 0 unspecified atom stereocenters. The molecule has 0 saturated carbocycles. The summed E-state index contributed by atoms with van der Waals surface area (Å²) in [6, 6.07) is 5.72. The van der Waals surface area contributed by atoms with Gasteiger partial charge in [-0.05, 0) is 6.07 Å². The van der Waals surface area contributed by atoms with E-state index in [1.54, 1.807) is 6.07 Å². The van der Waals surface area contributed by atoms with Gasteiger partial charge in [0.05, 0.1) is 12.0 Å². The van der Waals surface area contributed by atoms with E-state index in [1.807, 2.05) is 0 Å². The topological polar surface area (TPSA) is 72.7 Å². The van der Waals surface area contributed by atoms with Crippen molar-refractivity contribution in [3.05, 3.63) is 39.9 Å². The van der Waals surface area contributed by atoms with Crippen molar-refractivity contribution >= 4 is 11.6 Å². The first-order valence-electron chi connectivity index (χ1n) is 4.13. The van der Waals surface area contributed by atoms with Gasteiger partial charge in [-0.15, -0.1) is 0 Å². The van der Waals surface area contributed by atoms with Gasteiger partial charge in [0.25, 0.3) is 11.6 Å². The first kappa shape index (κ1) is 11.1. The van der Waals surface area contributed by atoms with Crippen LogP contribution in [-0.2, 0) is 4.84 Å². The number of benzene rings is 1. The van der Waals surface area contributed by atoms with Gasteiger partial charge in [0.2, 0.25) is 0 Å². The van der Waals surface area contributed by atoms with Gasteiger partial charge < -0.3 is 0 Å². The standard InChI is InChI=1S/C9H10N2O4/c1-10(15-2)9(12)7-5-3-4-6-8(7)11(13)14/h3-6H,1-2H3. The number of carbonyl (C=O) groups is 1. The molecule has 0 spiro atoms. The summed E-state index contributed by atoms with van der Waals surface area (Å²) in [4.78, 5) is 26.3. The maximum atomic E-state index is 11.6. The summed E-state index contributed by atoms with van der Waals surface area (Å²) in [6.45, 7) is 0. The van der Waals surface area contributed by atoms with Crippen LogP contribution in [0.4, 0.5) is 5.69 Å². The zero-order valence-electron chi connectivity index (χ0n) is 8.34. The fourth-order valence-corrected chi connectivity index (χ4v) is 1.07. The van der Waals surface area contributed by atoms with Crippen LogP contribution in [0.3, 0.4) is 0 Å². The van der Waals surface area contributed by atoms with Crippen molar-refractivity contribution in [2.45, 2.75) is 0 Å². The fraction of sp³-hybridized carbons (Fsp3) is 0.222. The molecule has 0 aliphatic heterocycles. The highest BCUT2D eigenvalue weighted by molar-refractivity contribution is 5.97. The molecule has 0 radical (unpaired) electrons. The Balaban J connectivity index is 3.13. The highest BCUT2D eigenvalue weighted by Gasteiger charge is 2.21. The first-order chi connectivity index (χ1) is 7.07. The molecule has 1 amide bonds. The van der Waals surface area contributed by atoms with Crippen LogP contribution in [0.1, 0.15) is 10.4 Å².